The standard InChI is InChI=1S/C11H12N2O4/c1-2-5-12-7-10(14)13-6-8-3-4-9(17-8)11(15)16/h1,3-4,12H,5-7H2,(H,13,14)(H,15,16). The highest BCUT2D eigenvalue weighted by Crippen LogP contribution is 2.06. The molecular weight excluding hydrogens is 224 g/mol. The molecule has 0 bridgehead atoms. The van der Waals surface area contributed by atoms with Crippen molar-refractivity contribution in [2.24, 2.45) is 0 Å². The van der Waals surface area contributed by atoms with Crippen LogP contribution >= 0.6 is 0 Å². The summed E-state index contributed by atoms with van der Waals surface area (Å²) in [7, 11) is 0. The quantitative estimate of drug-likeness (QED) is 0.470. The number of amides is 1. The molecule has 6 nitrogen and oxygen atoms in total. The number of hydrogen-bond acceptors (Lipinski definition) is 4. The molecule has 0 radical (unpaired) electrons. The molecule has 0 spiro atoms. The predicted octanol–water partition coefficient (Wildman–Crippen LogP) is -0.183. The lowest BCUT2D eigenvalue weighted by Gasteiger charge is -2.02. The van der Waals surface area contributed by atoms with Crippen molar-refractivity contribution in [3.05, 3.63) is 23.7 Å². The van der Waals surface area contributed by atoms with Gasteiger partial charge in [0.2, 0.25) is 11.7 Å². The molecule has 1 aromatic heterocycles. The maximum absolute atomic E-state index is 11.2. The molecule has 0 aliphatic carbocycles. The van der Waals surface area contributed by atoms with Crippen LogP contribution in [0.5, 0.6) is 0 Å². The Balaban J connectivity index is 2.32. The van der Waals surface area contributed by atoms with Crippen LogP contribution in [-0.4, -0.2) is 30.1 Å². The van der Waals surface area contributed by atoms with Crippen molar-refractivity contribution in [2.75, 3.05) is 13.1 Å². The Morgan fingerprint density at radius 1 is 1.47 bits per heavy atom. The summed E-state index contributed by atoms with van der Waals surface area (Å²) >= 11 is 0. The Bertz CT molecular complexity index is 445. The highest BCUT2D eigenvalue weighted by Gasteiger charge is 2.09. The SMILES string of the molecule is C#CCNCC(=O)NCc1ccc(C(=O)O)o1. The van der Waals surface area contributed by atoms with E-state index in [4.69, 9.17) is 15.9 Å². The van der Waals surface area contributed by atoms with Gasteiger partial charge in [0.05, 0.1) is 19.6 Å². The molecule has 0 atom stereocenters. The van der Waals surface area contributed by atoms with Crippen LogP contribution in [0.15, 0.2) is 16.5 Å². The van der Waals surface area contributed by atoms with Gasteiger partial charge in [-0.1, -0.05) is 5.92 Å². The van der Waals surface area contributed by atoms with Crippen LogP contribution in [0.1, 0.15) is 16.3 Å². The number of carboxylic acid groups (broad SMARTS) is 1. The van der Waals surface area contributed by atoms with E-state index in [-0.39, 0.29) is 24.8 Å². The summed E-state index contributed by atoms with van der Waals surface area (Å²) in [6.07, 6.45) is 5.00. The van der Waals surface area contributed by atoms with Crippen LogP contribution in [0.3, 0.4) is 0 Å². The fraction of sp³-hybridized carbons (Fsp3) is 0.273. The Hall–Kier alpha value is -2.26. The number of carbonyl (C=O) groups is 2. The summed E-state index contributed by atoms with van der Waals surface area (Å²) in [5.74, 6) is 1.18. The van der Waals surface area contributed by atoms with Gasteiger partial charge in [-0.3, -0.25) is 10.1 Å². The van der Waals surface area contributed by atoms with Gasteiger partial charge >= 0.3 is 5.97 Å². The van der Waals surface area contributed by atoms with Gasteiger partial charge in [-0.25, -0.2) is 4.79 Å². The number of aromatic carboxylic acids is 1. The first-order chi connectivity index (χ1) is 8.13. The third kappa shape index (κ3) is 4.40. The molecule has 0 aromatic carbocycles. The Morgan fingerprint density at radius 3 is 2.82 bits per heavy atom. The van der Waals surface area contributed by atoms with E-state index in [0.29, 0.717) is 12.3 Å². The van der Waals surface area contributed by atoms with E-state index in [1.54, 1.807) is 0 Å². The fourth-order valence-electron chi connectivity index (χ4n) is 1.08. The molecule has 0 saturated heterocycles. The largest absolute Gasteiger partial charge is 0.475 e. The fourth-order valence-corrected chi connectivity index (χ4v) is 1.08. The van der Waals surface area contributed by atoms with E-state index >= 15 is 0 Å². The van der Waals surface area contributed by atoms with Gasteiger partial charge in [0.1, 0.15) is 5.76 Å². The minimum Gasteiger partial charge on any atom is -0.475 e. The first-order valence-electron chi connectivity index (χ1n) is 4.86. The number of furan rings is 1. The maximum Gasteiger partial charge on any atom is 0.371 e. The molecule has 0 aliphatic heterocycles. The van der Waals surface area contributed by atoms with Crippen LogP contribution in [0.4, 0.5) is 0 Å². The average Bonchev–Trinajstić information content (AvgIpc) is 2.75. The number of hydrogen-bond donors (Lipinski definition) is 3. The molecule has 0 saturated carbocycles. The Labute approximate surface area is 98.0 Å². The van der Waals surface area contributed by atoms with Gasteiger partial charge in [-0.05, 0) is 12.1 Å². The highest BCUT2D eigenvalue weighted by atomic mass is 16.4. The molecule has 17 heavy (non-hydrogen) atoms. The van der Waals surface area contributed by atoms with Crippen molar-refractivity contribution in [1.82, 2.24) is 10.6 Å². The minimum absolute atomic E-state index is 0.108. The van der Waals surface area contributed by atoms with E-state index in [2.05, 4.69) is 16.6 Å². The first-order valence-corrected chi connectivity index (χ1v) is 4.86. The summed E-state index contributed by atoms with van der Waals surface area (Å²) in [5.41, 5.74) is 0. The summed E-state index contributed by atoms with van der Waals surface area (Å²) < 4.78 is 4.95. The molecule has 1 aromatic rings. The summed E-state index contributed by atoms with van der Waals surface area (Å²) in [6, 6.07) is 2.83. The van der Waals surface area contributed by atoms with E-state index in [1.807, 2.05) is 0 Å². The molecule has 3 N–H and O–H groups in total. The summed E-state index contributed by atoms with van der Waals surface area (Å²) in [6.45, 7) is 0.567. The number of terminal acetylenes is 1. The zero-order valence-electron chi connectivity index (χ0n) is 9.03. The van der Waals surface area contributed by atoms with E-state index in [9.17, 15) is 9.59 Å². The van der Waals surface area contributed by atoms with Crippen molar-refractivity contribution in [3.8, 4) is 12.3 Å². The lowest BCUT2D eigenvalue weighted by Crippen LogP contribution is -2.33. The average molecular weight is 236 g/mol. The van der Waals surface area contributed by atoms with Gasteiger partial charge in [0.15, 0.2) is 0 Å². The monoisotopic (exact) mass is 236 g/mol. The van der Waals surface area contributed by atoms with Gasteiger partial charge in [0.25, 0.3) is 0 Å². The van der Waals surface area contributed by atoms with Crippen LogP contribution in [0.25, 0.3) is 0 Å². The summed E-state index contributed by atoms with van der Waals surface area (Å²) in [5, 5.41) is 13.9. The van der Waals surface area contributed by atoms with Crippen molar-refractivity contribution in [1.29, 1.82) is 0 Å². The molecule has 6 heteroatoms. The molecule has 1 heterocycles. The van der Waals surface area contributed by atoms with E-state index in [0.717, 1.165) is 0 Å². The van der Waals surface area contributed by atoms with Crippen molar-refractivity contribution in [2.45, 2.75) is 6.54 Å². The van der Waals surface area contributed by atoms with Gasteiger partial charge < -0.3 is 14.8 Å². The van der Waals surface area contributed by atoms with Gasteiger partial charge in [-0.2, -0.15) is 0 Å². The van der Waals surface area contributed by atoms with Crippen LogP contribution in [0, 0.1) is 12.3 Å². The molecular formula is C11H12N2O4. The minimum atomic E-state index is -1.14. The van der Waals surface area contributed by atoms with Crippen molar-refractivity contribution in [3.63, 3.8) is 0 Å². The topological polar surface area (TPSA) is 91.6 Å². The first kappa shape index (κ1) is 12.8. The Morgan fingerprint density at radius 2 is 2.24 bits per heavy atom. The maximum atomic E-state index is 11.2. The molecule has 0 unspecified atom stereocenters. The van der Waals surface area contributed by atoms with Crippen molar-refractivity contribution >= 4 is 11.9 Å². The zero-order valence-corrected chi connectivity index (χ0v) is 9.03. The highest BCUT2D eigenvalue weighted by molar-refractivity contribution is 5.84. The Kier molecular flexibility index (Phi) is 4.78. The number of carbonyl (C=O) groups excluding carboxylic acids is 1. The molecule has 0 fully saturated rings. The lowest BCUT2D eigenvalue weighted by molar-refractivity contribution is -0.120. The number of carboxylic acids is 1. The molecule has 90 valence electrons. The van der Waals surface area contributed by atoms with Crippen LogP contribution < -0.4 is 10.6 Å². The molecule has 1 amide bonds. The van der Waals surface area contributed by atoms with Crippen LogP contribution in [-0.2, 0) is 11.3 Å². The van der Waals surface area contributed by atoms with Crippen LogP contribution in [0.2, 0.25) is 0 Å². The van der Waals surface area contributed by atoms with Crippen molar-refractivity contribution < 1.29 is 19.1 Å². The third-order valence-electron chi connectivity index (χ3n) is 1.84. The predicted molar refractivity (Wildman–Crippen MR) is 59.2 cm³/mol. The zero-order chi connectivity index (χ0) is 12.7. The molecule has 1 rings (SSSR count). The number of nitrogens with one attached hydrogen (secondary N) is 2. The number of rotatable bonds is 6. The van der Waals surface area contributed by atoms with Gasteiger partial charge in [0, 0.05) is 0 Å². The van der Waals surface area contributed by atoms with Gasteiger partial charge in [-0.15, -0.1) is 6.42 Å². The second-order valence-electron chi connectivity index (χ2n) is 3.16. The molecule has 0 aliphatic rings. The summed E-state index contributed by atoms with van der Waals surface area (Å²) in [4.78, 5) is 21.7. The van der Waals surface area contributed by atoms with E-state index in [1.165, 1.54) is 12.1 Å². The normalized spacial score (nSPS) is 9.59. The second kappa shape index (κ2) is 6.35. The lowest BCUT2D eigenvalue weighted by atomic mass is 10.4. The second-order valence-corrected chi connectivity index (χ2v) is 3.16. The smallest absolute Gasteiger partial charge is 0.371 e. The van der Waals surface area contributed by atoms with E-state index < -0.39 is 5.97 Å². The third-order valence-corrected chi connectivity index (χ3v) is 1.84.